The van der Waals surface area contributed by atoms with Crippen LogP contribution >= 0.6 is 11.3 Å². The fourth-order valence-electron chi connectivity index (χ4n) is 2.28. The fraction of sp³-hybridized carbons (Fsp3) is 0.357. The van der Waals surface area contributed by atoms with Crippen LogP contribution in [0.25, 0.3) is 0 Å². The van der Waals surface area contributed by atoms with Crippen LogP contribution in [0.4, 0.5) is 5.00 Å². The highest BCUT2D eigenvalue weighted by atomic mass is 32.1. The highest BCUT2D eigenvalue weighted by Crippen LogP contribution is 2.25. The SMILES string of the molecule is Cn1nccc1C(=O)Nc1sccc1C(=O)N1CCOCC1. The highest BCUT2D eigenvalue weighted by molar-refractivity contribution is 7.14. The zero-order chi connectivity index (χ0) is 15.5. The molecule has 0 unspecified atom stereocenters. The van der Waals surface area contributed by atoms with E-state index in [2.05, 4.69) is 10.4 Å². The molecule has 1 fully saturated rings. The molecule has 2 aromatic heterocycles. The van der Waals surface area contributed by atoms with Crippen molar-refractivity contribution in [3.05, 3.63) is 35.0 Å². The van der Waals surface area contributed by atoms with Gasteiger partial charge in [0.2, 0.25) is 0 Å². The molecule has 1 saturated heterocycles. The molecule has 8 heteroatoms. The summed E-state index contributed by atoms with van der Waals surface area (Å²) in [5.74, 6) is -0.358. The number of aromatic nitrogens is 2. The predicted octanol–water partition coefficient (Wildman–Crippen LogP) is 1.21. The van der Waals surface area contributed by atoms with Crippen molar-refractivity contribution in [1.82, 2.24) is 14.7 Å². The Morgan fingerprint density at radius 3 is 2.77 bits per heavy atom. The molecule has 2 aromatic rings. The smallest absolute Gasteiger partial charge is 0.274 e. The number of nitrogens with zero attached hydrogens (tertiary/aromatic N) is 3. The van der Waals surface area contributed by atoms with E-state index in [9.17, 15) is 9.59 Å². The van der Waals surface area contributed by atoms with Crippen molar-refractivity contribution in [3.8, 4) is 0 Å². The number of hydrogen-bond donors (Lipinski definition) is 1. The molecule has 1 aliphatic rings. The van der Waals surface area contributed by atoms with Gasteiger partial charge in [0.1, 0.15) is 10.7 Å². The Bertz CT molecular complexity index is 688. The van der Waals surface area contributed by atoms with Crippen molar-refractivity contribution in [2.75, 3.05) is 31.6 Å². The average molecular weight is 320 g/mol. The average Bonchev–Trinajstić information content (AvgIpc) is 3.16. The van der Waals surface area contributed by atoms with E-state index in [1.807, 2.05) is 0 Å². The van der Waals surface area contributed by atoms with Crippen LogP contribution in [0.15, 0.2) is 23.7 Å². The second-order valence-corrected chi connectivity index (χ2v) is 5.78. The molecule has 0 atom stereocenters. The summed E-state index contributed by atoms with van der Waals surface area (Å²) in [6.45, 7) is 2.24. The Labute approximate surface area is 131 Å². The molecule has 0 aliphatic carbocycles. The van der Waals surface area contributed by atoms with E-state index in [1.54, 1.807) is 35.7 Å². The lowest BCUT2D eigenvalue weighted by Crippen LogP contribution is -2.40. The van der Waals surface area contributed by atoms with Crippen LogP contribution in [-0.4, -0.2) is 52.8 Å². The monoisotopic (exact) mass is 320 g/mol. The van der Waals surface area contributed by atoms with E-state index in [0.717, 1.165) is 0 Å². The number of morpholine rings is 1. The van der Waals surface area contributed by atoms with Gasteiger partial charge in [-0.2, -0.15) is 5.10 Å². The van der Waals surface area contributed by atoms with E-state index in [4.69, 9.17) is 4.74 Å². The Hall–Kier alpha value is -2.19. The number of amides is 2. The third-order valence-corrected chi connectivity index (χ3v) is 4.30. The number of carbonyl (C=O) groups excluding carboxylic acids is 2. The third kappa shape index (κ3) is 2.88. The maximum Gasteiger partial charge on any atom is 0.274 e. The number of thiophene rings is 1. The van der Waals surface area contributed by atoms with Gasteiger partial charge in [-0.15, -0.1) is 11.3 Å². The first-order chi connectivity index (χ1) is 10.7. The highest BCUT2D eigenvalue weighted by Gasteiger charge is 2.23. The van der Waals surface area contributed by atoms with Crippen molar-refractivity contribution < 1.29 is 14.3 Å². The van der Waals surface area contributed by atoms with E-state index < -0.39 is 0 Å². The van der Waals surface area contributed by atoms with Gasteiger partial charge in [-0.05, 0) is 17.5 Å². The summed E-state index contributed by atoms with van der Waals surface area (Å²) in [7, 11) is 1.70. The maximum atomic E-state index is 12.5. The van der Waals surface area contributed by atoms with E-state index in [1.165, 1.54) is 16.0 Å². The van der Waals surface area contributed by atoms with Crippen LogP contribution < -0.4 is 5.32 Å². The fourth-order valence-corrected chi connectivity index (χ4v) is 3.05. The standard InChI is InChI=1S/C14H16N4O3S/c1-17-11(2-4-15-17)12(19)16-13-10(3-9-22-13)14(20)18-5-7-21-8-6-18/h2-4,9H,5-8H2,1H3,(H,16,19). The molecular formula is C14H16N4O3S. The van der Waals surface area contributed by atoms with Crippen molar-refractivity contribution in [3.63, 3.8) is 0 Å². The molecule has 1 aliphatic heterocycles. The predicted molar refractivity (Wildman–Crippen MR) is 82.2 cm³/mol. The molecule has 0 saturated carbocycles. The van der Waals surface area contributed by atoms with Crippen molar-refractivity contribution in [1.29, 1.82) is 0 Å². The number of ether oxygens (including phenoxy) is 1. The van der Waals surface area contributed by atoms with E-state index in [-0.39, 0.29) is 11.8 Å². The molecule has 0 bridgehead atoms. The van der Waals surface area contributed by atoms with Gasteiger partial charge in [0.15, 0.2) is 0 Å². The Kier molecular flexibility index (Phi) is 4.21. The first kappa shape index (κ1) is 14.7. The van der Waals surface area contributed by atoms with Crippen LogP contribution in [0.1, 0.15) is 20.8 Å². The molecule has 0 spiro atoms. The van der Waals surface area contributed by atoms with Crippen molar-refractivity contribution in [2.24, 2.45) is 7.05 Å². The van der Waals surface area contributed by atoms with Gasteiger partial charge in [0, 0.05) is 26.3 Å². The lowest BCUT2D eigenvalue weighted by atomic mass is 10.2. The quantitative estimate of drug-likeness (QED) is 0.922. The molecule has 0 aromatic carbocycles. The Morgan fingerprint density at radius 1 is 1.32 bits per heavy atom. The number of aryl methyl sites for hydroxylation is 1. The minimum Gasteiger partial charge on any atom is -0.378 e. The first-order valence-corrected chi connectivity index (χ1v) is 7.78. The molecule has 2 amide bonds. The number of hydrogen-bond acceptors (Lipinski definition) is 5. The van der Waals surface area contributed by atoms with Gasteiger partial charge in [0.25, 0.3) is 11.8 Å². The molecule has 116 valence electrons. The normalized spacial score (nSPS) is 14.9. The molecule has 22 heavy (non-hydrogen) atoms. The van der Waals surface area contributed by atoms with Crippen LogP contribution in [0.3, 0.4) is 0 Å². The molecule has 3 rings (SSSR count). The van der Waals surface area contributed by atoms with Gasteiger partial charge in [-0.3, -0.25) is 14.3 Å². The summed E-state index contributed by atoms with van der Waals surface area (Å²) in [6.07, 6.45) is 1.56. The van der Waals surface area contributed by atoms with Crippen LogP contribution in [0.5, 0.6) is 0 Å². The summed E-state index contributed by atoms with van der Waals surface area (Å²) in [4.78, 5) is 26.5. The minimum atomic E-state index is -0.279. The Balaban J connectivity index is 1.76. The summed E-state index contributed by atoms with van der Waals surface area (Å²) in [5, 5.41) is 9.12. The number of anilines is 1. The molecule has 7 nitrogen and oxygen atoms in total. The topological polar surface area (TPSA) is 76.5 Å². The van der Waals surface area contributed by atoms with Gasteiger partial charge in [0.05, 0.1) is 18.8 Å². The van der Waals surface area contributed by atoms with E-state index >= 15 is 0 Å². The summed E-state index contributed by atoms with van der Waals surface area (Å²) in [6, 6.07) is 3.37. The second kappa shape index (κ2) is 6.29. The zero-order valence-electron chi connectivity index (χ0n) is 12.1. The Morgan fingerprint density at radius 2 is 2.09 bits per heavy atom. The number of rotatable bonds is 3. The van der Waals surface area contributed by atoms with Crippen LogP contribution in [-0.2, 0) is 11.8 Å². The second-order valence-electron chi connectivity index (χ2n) is 4.86. The largest absolute Gasteiger partial charge is 0.378 e. The van der Waals surface area contributed by atoms with Gasteiger partial charge < -0.3 is 15.0 Å². The van der Waals surface area contributed by atoms with Gasteiger partial charge >= 0.3 is 0 Å². The lowest BCUT2D eigenvalue weighted by Gasteiger charge is -2.26. The van der Waals surface area contributed by atoms with E-state index in [0.29, 0.717) is 42.6 Å². The molecule has 3 heterocycles. The van der Waals surface area contributed by atoms with Crippen molar-refractivity contribution in [2.45, 2.75) is 0 Å². The molecular weight excluding hydrogens is 304 g/mol. The summed E-state index contributed by atoms with van der Waals surface area (Å²) < 4.78 is 6.75. The molecule has 0 radical (unpaired) electrons. The van der Waals surface area contributed by atoms with Crippen molar-refractivity contribution >= 4 is 28.2 Å². The van der Waals surface area contributed by atoms with Gasteiger partial charge in [-0.25, -0.2) is 0 Å². The summed E-state index contributed by atoms with van der Waals surface area (Å²) >= 11 is 1.33. The van der Waals surface area contributed by atoms with Gasteiger partial charge in [-0.1, -0.05) is 0 Å². The summed E-state index contributed by atoms with van der Waals surface area (Å²) in [5.41, 5.74) is 0.959. The van der Waals surface area contributed by atoms with Crippen LogP contribution in [0, 0.1) is 0 Å². The molecule has 1 N–H and O–H groups in total. The number of nitrogens with one attached hydrogen (secondary N) is 1. The zero-order valence-corrected chi connectivity index (χ0v) is 12.9. The number of carbonyl (C=O) groups is 2. The van der Waals surface area contributed by atoms with Crippen LogP contribution in [0.2, 0.25) is 0 Å². The minimum absolute atomic E-state index is 0.0788. The lowest BCUT2D eigenvalue weighted by molar-refractivity contribution is 0.0304. The first-order valence-electron chi connectivity index (χ1n) is 6.90. The maximum absolute atomic E-state index is 12.5. The third-order valence-electron chi connectivity index (χ3n) is 3.47.